The number of nitrogens with two attached hydrogens (primary N) is 1. The van der Waals surface area contributed by atoms with E-state index >= 15 is 0 Å². The van der Waals surface area contributed by atoms with Crippen LogP contribution in [-0.4, -0.2) is 32.3 Å². The second-order valence-electron chi connectivity index (χ2n) is 3.09. The average Bonchev–Trinajstić information content (AvgIpc) is 2.64. The number of ether oxygens (including phenoxy) is 1. The van der Waals surface area contributed by atoms with Crippen LogP contribution in [0, 0.1) is 5.92 Å². The first-order valence-electron chi connectivity index (χ1n) is 4.69. The van der Waals surface area contributed by atoms with Gasteiger partial charge in [-0.05, 0) is 13.3 Å². The van der Waals surface area contributed by atoms with E-state index in [2.05, 4.69) is 15.7 Å². The minimum Gasteiger partial charge on any atom is -0.381 e. The van der Waals surface area contributed by atoms with Crippen LogP contribution in [0.3, 0.4) is 0 Å². The summed E-state index contributed by atoms with van der Waals surface area (Å²) in [6.07, 6.45) is 1.10. The highest BCUT2D eigenvalue weighted by Crippen LogP contribution is 2.11. The maximum absolute atomic E-state index is 5.27. The molecule has 0 radical (unpaired) electrons. The summed E-state index contributed by atoms with van der Waals surface area (Å²) in [7, 11) is 0. The number of nitrogens with zero attached hydrogens (tertiary/aromatic N) is 1. The summed E-state index contributed by atoms with van der Waals surface area (Å²) >= 11 is 0. The molecular weight excluding hydrogens is 168 g/mol. The Kier molecular flexibility index (Phi) is 4.56. The van der Waals surface area contributed by atoms with Crippen molar-refractivity contribution in [3.8, 4) is 0 Å². The molecule has 0 aliphatic carbocycles. The van der Waals surface area contributed by atoms with Gasteiger partial charge < -0.3 is 10.1 Å². The third-order valence-corrected chi connectivity index (χ3v) is 2.01. The van der Waals surface area contributed by atoms with Crippen LogP contribution < -0.4 is 16.6 Å². The van der Waals surface area contributed by atoms with Crippen molar-refractivity contribution in [2.75, 3.05) is 26.3 Å². The lowest BCUT2D eigenvalue weighted by atomic mass is 10.1. The van der Waals surface area contributed by atoms with Gasteiger partial charge in [-0.25, -0.2) is 5.84 Å². The largest absolute Gasteiger partial charge is 0.381 e. The van der Waals surface area contributed by atoms with E-state index in [4.69, 9.17) is 10.6 Å². The molecule has 1 unspecified atom stereocenters. The van der Waals surface area contributed by atoms with Gasteiger partial charge in [-0.3, -0.25) is 10.4 Å². The molecule has 1 aliphatic heterocycles. The number of hydrazine groups is 1. The highest BCUT2D eigenvalue weighted by atomic mass is 16.5. The molecule has 1 heterocycles. The number of nitrogens with one attached hydrogen (secondary N) is 2. The molecule has 0 aromatic rings. The van der Waals surface area contributed by atoms with Crippen molar-refractivity contribution in [1.82, 2.24) is 10.7 Å². The minimum absolute atomic E-state index is 0.557. The standard InChI is InChI=1S/C8H18N4O/c1-2-10-8(12-9)11-5-7-3-4-13-6-7/h7H,2-6,9H2,1H3,(H2,10,11,12). The molecular formula is C8H18N4O. The molecule has 1 aliphatic rings. The first kappa shape index (κ1) is 10.3. The van der Waals surface area contributed by atoms with E-state index in [0.717, 1.165) is 32.7 Å². The van der Waals surface area contributed by atoms with Crippen molar-refractivity contribution >= 4 is 5.96 Å². The molecule has 0 amide bonds. The van der Waals surface area contributed by atoms with E-state index in [1.54, 1.807) is 0 Å². The van der Waals surface area contributed by atoms with Gasteiger partial charge in [-0.15, -0.1) is 0 Å². The summed E-state index contributed by atoms with van der Waals surface area (Å²) in [6, 6.07) is 0. The van der Waals surface area contributed by atoms with Gasteiger partial charge in [0.05, 0.1) is 6.61 Å². The van der Waals surface area contributed by atoms with Gasteiger partial charge in [0.2, 0.25) is 5.96 Å². The monoisotopic (exact) mass is 186 g/mol. The van der Waals surface area contributed by atoms with Gasteiger partial charge in [0, 0.05) is 25.6 Å². The van der Waals surface area contributed by atoms with Crippen molar-refractivity contribution in [3.63, 3.8) is 0 Å². The minimum atomic E-state index is 0.557. The Morgan fingerprint density at radius 3 is 3.08 bits per heavy atom. The van der Waals surface area contributed by atoms with Crippen LogP contribution in [0.5, 0.6) is 0 Å². The average molecular weight is 186 g/mol. The molecule has 5 heteroatoms. The predicted octanol–water partition coefficient (Wildman–Crippen LogP) is -0.548. The summed E-state index contributed by atoms with van der Waals surface area (Å²) < 4.78 is 5.24. The number of hydrogen-bond acceptors (Lipinski definition) is 3. The molecule has 1 fully saturated rings. The molecule has 0 aromatic carbocycles. The molecule has 0 saturated carbocycles. The molecule has 4 N–H and O–H groups in total. The lowest BCUT2D eigenvalue weighted by Crippen LogP contribution is -2.41. The van der Waals surface area contributed by atoms with Crippen molar-refractivity contribution < 1.29 is 4.74 Å². The van der Waals surface area contributed by atoms with Gasteiger partial charge in [0.25, 0.3) is 0 Å². The quantitative estimate of drug-likeness (QED) is 0.239. The summed E-state index contributed by atoms with van der Waals surface area (Å²) in [5.74, 6) is 6.49. The van der Waals surface area contributed by atoms with E-state index in [-0.39, 0.29) is 0 Å². The fraction of sp³-hybridized carbons (Fsp3) is 0.875. The fourth-order valence-corrected chi connectivity index (χ4v) is 1.27. The van der Waals surface area contributed by atoms with Gasteiger partial charge in [-0.2, -0.15) is 0 Å². The van der Waals surface area contributed by atoms with E-state index in [1.165, 1.54) is 0 Å². The molecule has 5 nitrogen and oxygen atoms in total. The predicted molar refractivity (Wildman–Crippen MR) is 52.2 cm³/mol. The number of guanidine groups is 1. The Balaban J connectivity index is 2.25. The van der Waals surface area contributed by atoms with Crippen LogP contribution in [0.1, 0.15) is 13.3 Å². The maximum atomic E-state index is 5.27. The van der Waals surface area contributed by atoms with E-state index in [9.17, 15) is 0 Å². The third-order valence-electron chi connectivity index (χ3n) is 2.01. The van der Waals surface area contributed by atoms with Crippen LogP contribution in [0.4, 0.5) is 0 Å². The molecule has 13 heavy (non-hydrogen) atoms. The number of hydrogen-bond donors (Lipinski definition) is 3. The third kappa shape index (κ3) is 3.61. The zero-order valence-electron chi connectivity index (χ0n) is 8.05. The lowest BCUT2D eigenvalue weighted by molar-refractivity contribution is 0.187. The zero-order chi connectivity index (χ0) is 9.52. The molecule has 1 saturated heterocycles. The van der Waals surface area contributed by atoms with Crippen molar-refractivity contribution in [3.05, 3.63) is 0 Å². The number of aliphatic imine (C=N–C) groups is 1. The molecule has 0 aromatic heterocycles. The summed E-state index contributed by atoms with van der Waals surface area (Å²) in [6.45, 7) is 5.31. The van der Waals surface area contributed by atoms with Crippen molar-refractivity contribution in [2.24, 2.45) is 16.8 Å². The molecule has 76 valence electrons. The van der Waals surface area contributed by atoms with Crippen LogP contribution in [0.15, 0.2) is 4.99 Å². The Hall–Kier alpha value is -0.810. The van der Waals surface area contributed by atoms with Gasteiger partial charge in [0.15, 0.2) is 0 Å². The lowest BCUT2D eigenvalue weighted by Gasteiger charge is -2.08. The molecule has 0 spiro atoms. The molecule has 1 rings (SSSR count). The highest BCUT2D eigenvalue weighted by Gasteiger charge is 2.14. The van der Waals surface area contributed by atoms with E-state index in [1.807, 2.05) is 6.92 Å². The topological polar surface area (TPSA) is 71.7 Å². The van der Waals surface area contributed by atoms with Crippen molar-refractivity contribution in [1.29, 1.82) is 0 Å². The van der Waals surface area contributed by atoms with Gasteiger partial charge in [0.1, 0.15) is 0 Å². The van der Waals surface area contributed by atoms with Crippen LogP contribution in [0.25, 0.3) is 0 Å². The maximum Gasteiger partial charge on any atom is 0.205 e. The van der Waals surface area contributed by atoms with Crippen molar-refractivity contribution in [2.45, 2.75) is 13.3 Å². The number of rotatable bonds is 3. The van der Waals surface area contributed by atoms with Crippen LogP contribution in [0.2, 0.25) is 0 Å². The highest BCUT2D eigenvalue weighted by molar-refractivity contribution is 5.79. The normalized spacial score (nSPS) is 23.2. The van der Waals surface area contributed by atoms with Crippen LogP contribution >= 0.6 is 0 Å². The first-order chi connectivity index (χ1) is 6.36. The Bertz CT molecular complexity index is 166. The van der Waals surface area contributed by atoms with E-state index in [0.29, 0.717) is 11.9 Å². The fourth-order valence-electron chi connectivity index (χ4n) is 1.27. The summed E-state index contributed by atoms with van der Waals surface area (Å²) in [4.78, 5) is 4.30. The smallest absolute Gasteiger partial charge is 0.205 e. The molecule has 1 atom stereocenters. The van der Waals surface area contributed by atoms with E-state index < -0.39 is 0 Å². The van der Waals surface area contributed by atoms with Gasteiger partial charge >= 0.3 is 0 Å². The van der Waals surface area contributed by atoms with Gasteiger partial charge in [-0.1, -0.05) is 0 Å². The Morgan fingerprint density at radius 2 is 2.54 bits per heavy atom. The second-order valence-corrected chi connectivity index (χ2v) is 3.09. The van der Waals surface area contributed by atoms with Crippen LogP contribution in [-0.2, 0) is 4.74 Å². The first-order valence-corrected chi connectivity index (χ1v) is 4.69. The Morgan fingerprint density at radius 1 is 1.69 bits per heavy atom. The Labute approximate surface area is 78.7 Å². The zero-order valence-corrected chi connectivity index (χ0v) is 8.05. The summed E-state index contributed by atoms with van der Waals surface area (Å²) in [5.41, 5.74) is 2.52. The summed E-state index contributed by atoms with van der Waals surface area (Å²) in [5, 5.41) is 3.03. The second kappa shape index (κ2) is 5.77. The molecule has 0 bridgehead atoms. The SMILES string of the molecule is CCNC(=NCC1CCOC1)NN.